The average Bonchev–Trinajstić information content (AvgIpc) is 2.44. The van der Waals surface area contributed by atoms with Gasteiger partial charge >= 0.3 is 0 Å². The second-order valence-corrected chi connectivity index (χ2v) is 5.37. The van der Waals surface area contributed by atoms with Gasteiger partial charge in [-0.2, -0.15) is 0 Å². The summed E-state index contributed by atoms with van der Waals surface area (Å²) in [6.07, 6.45) is -5.83. The van der Waals surface area contributed by atoms with Gasteiger partial charge in [-0.15, -0.1) is 11.8 Å². The van der Waals surface area contributed by atoms with Crippen LogP contribution in [0.25, 0.3) is 0 Å². The largest absolute Gasteiger partial charge is 0.394 e. The van der Waals surface area contributed by atoms with Crippen molar-refractivity contribution in [3.05, 3.63) is 0 Å². The Balaban J connectivity index is 2.93. The van der Waals surface area contributed by atoms with E-state index in [4.69, 9.17) is 14.9 Å². The van der Waals surface area contributed by atoms with Gasteiger partial charge in [0.25, 0.3) is 0 Å². The van der Waals surface area contributed by atoms with Crippen LogP contribution in [0.1, 0.15) is 0 Å². The summed E-state index contributed by atoms with van der Waals surface area (Å²) in [5, 5.41) is 56.9. The number of aliphatic hydroxyl groups is 6. The number of rotatable bonds is 6. The predicted octanol–water partition coefficient (Wildman–Crippen LogP) is -2.88. The Hall–Kier alpha value is 0.0700. The lowest BCUT2D eigenvalue weighted by Crippen LogP contribution is -2.60. The quantitative estimate of drug-likeness (QED) is 0.307. The molecule has 6 N–H and O–H groups in total. The van der Waals surface area contributed by atoms with Crippen LogP contribution in [0.4, 0.5) is 0 Å². The second-order valence-electron chi connectivity index (χ2n) is 4.44. The maximum atomic E-state index is 10.1. The zero-order valence-corrected chi connectivity index (χ0v) is 10.7. The predicted molar refractivity (Wildman–Crippen MR) is 63.9 cm³/mol. The lowest BCUT2D eigenvalue weighted by Gasteiger charge is -2.45. The van der Waals surface area contributed by atoms with E-state index in [1.165, 1.54) is 11.8 Å². The van der Waals surface area contributed by atoms with Gasteiger partial charge in [0.1, 0.15) is 12.2 Å². The topological polar surface area (TPSA) is 131 Å². The standard InChI is InChI=1S/C10H20O7S/c11-1-6(13)8(15)10(3-17-5-18-4-10)9(16)7(14)2-12/h6-9,11-16H,1-5H2. The summed E-state index contributed by atoms with van der Waals surface area (Å²) in [6, 6.07) is 0. The van der Waals surface area contributed by atoms with Crippen LogP contribution in [0.5, 0.6) is 0 Å². The zero-order valence-electron chi connectivity index (χ0n) is 9.84. The monoisotopic (exact) mass is 284 g/mol. The fourth-order valence-electron chi connectivity index (χ4n) is 2.05. The van der Waals surface area contributed by atoms with Crippen molar-refractivity contribution in [2.45, 2.75) is 24.4 Å². The van der Waals surface area contributed by atoms with Crippen molar-refractivity contribution in [2.24, 2.45) is 5.41 Å². The van der Waals surface area contributed by atoms with Crippen molar-refractivity contribution in [1.82, 2.24) is 0 Å². The smallest absolute Gasteiger partial charge is 0.104 e. The molecule has 1 heterocycles. The van der Waals surface area contributed by atoms with E-state index >= 15 is 0 Å². The summed E-state index contributed by atoms with van der Waals surface area (Å²) in [7, 11) is 0. The van der Waals surface area contributed by atoms with E-state index in [0.717, 1.165) is 0 Å². The number of thioether (sulfide) groups is 1. The first-order valence-electron chi connectivity index (χ1n) is 5.59. The number of aliphatic hydroxyl groups excluding tert-OH is 6. The fraction of sp³-hybridized carbons (Fsp3) is 1.00. The molecule has 18 heavy (non-hydrogen) atoms. The van der Waals surface area contributed by atoms with Gasteiger partial charge in [-0.3, -0.25) is 0 Å². The summed E-state index contributed by atoms with van der Waals surface area (Å²) < 4.78 is 5.17. The van der Waals surface area contributed by atoms with Gasteiger partial charge in [0, 0.05) is 5.75 Å². The van der Waals surface area contributed by atoms with Crippen LogP contribution in [-0.2, 0) is 4.74 Å². The van der Waals surface area contributed by atoms with Gasteiger partial charge in [-0.1, -0.05) is 0 Å². The van der Waals surface area contributed by atoms with Crippen LogP contribution >= 0.6 is 11.8 Å². The molecule has 0 aliphatic carbocycles. The molecule has 0 bridgehead atoms. The van der Waals surface area contributed by atoms with E-state index in [1.54, 1.807) is 0 Å². The molecule has 4 unspecified atom stereocenters. The van der Waals surface area contributed by atoms with Crippen molar-refractivity contribution < 1.29 is 35.4 Å². The van der Waals surface area contributed by atoms with E-state index in [-0.39, 0.29) is 12.4 Å². The highest BCUT2D eigenvalue weighted by Crippen LogP contribution is 2.38. The molecule has 4 atom stereocenters. The van der Waals surface area contributed by atoms with Crippen molar-refractivity contribution >= 4 is 11.8 Å². The third-order valence-electron chi connectivity index (χ3n) is 3.19. The van der Waals surface area contributed by atoms with E-state index < -0.39 is 43.0 Å². The molecule has 0 spiro atoms. The third-order valence-corrected chi connectivity index (χ3v) is 4.26. The zero-order chi connectivity index (χ0) is 13.8. The number of hydrogen-bond donors (Lipinski definition) is 6. The first kappa shape index (κ1) is 16.1. The van der Waals surface area contributed by atoms with Gasteiger partial charge in [0.2, 0.25) is 0 Å². The van der Waals surface area contributed by atoms with Gasteiger partial charge in [0.05, 0.1) is 43.4 Å². The van der Waals surface area contributed by atoms with Gasteiger partial charge in [0.15, 0.2) is 0 Å². The molecule has 8 heteroatoms. The summed E-state index contributed by atoms with van der Waals surface area (Å²) >= 11 is 1.29. The molecule has 7 nitrogen and oxygen atoms in total. The van der Waals surface area contributed by atoms with E-state index in [1.807, 2.05) is 0 Å². The van der Waals surface area contributed by atoms with Crippen molar-refractivity contribution in [3.8, 4) is 0 Å². The molecule has 0 saturated carbocycles. The number of hydrogen-bond acceptors (Lipinski definition) is 8. The molecule has 1 rings (SSSR count). The molecular weight excluding hydrogens is 264 g/mol. The summed E-state index contributed by atoms with van der Waals surface area (Å²) in [4.78, 5) is 0. The third kappa shape index (κ3) is 3.14. The molecule has 0 aromatic rings. The minimum atomic E-state index is -1.47. The molecule has 1 aliphatic rings. The fourth-order valence-corrected chi connectivity index (χ4v) is 3.14. The van der Waals surface area contributed by atoms with Crippen LogP contribution in [0, 0.1) is 5.41 Å². The minimum absolute atomic E-state index is 0.0730. The molecule has 0 radical (unpaired) electrons. The molecule has 0 aromatic heterocycles. The summed E-state index contributed by atoms with van der Waals surface area (Å²) in [5.41, 5.74) is -1.33. The van der Waals surface area contributed by atoms with E-state index in [9.17, 15) is 20.4 Å². The number of ether oxygens (including phenoxy) is 1. The van der Waals surface area contributed by atoms with Crippen LogP contribution in [0.3, 0.4) is 0 Å². The van der Waals surface area contributed by atoms with Crippen molar-refractivity contribution in [3.63, 3.8) is 0 Å². The molecule has 0 amide bonds. The Morgan fingerprint density at radius 3 is 1.83 bits per heavy atom. The van der Waals surface area contributed by atoms with Crippen LogP contribution in [-0.4, -0.2) is 86.6 Å². The highest BCUT2D eigenvalue weighted by atomic mass is 32.2. The first-order chi connectivity index (χ1) is 8.49. The van der Waals surface area contributed by atoms with Gasteiger partial charge in [-0.25, -0.2) is 0 Å². The lowest BCUT2D eigenvalue weighted by atomic mass is 9.75. The van der Waals surface area contributed by atoms with Crippen LogP contribution in [0.15, 0.2) is 0 Å². The normalized spacial score (nSPS) is 31.7. The first-order valence-corrected chi connectivity index (χ1v) is 6.74. The second kappa shape index (κ2) is 7.01. The SMILES string of the molecule is OCC(O)C(O)C1(C(O)C(O)CO)COCSC1. The van der Waals surface area contributed by atoms with Crippen molar-refractivity contribution in [1.29, 1.82) is 0 Å². The highest BCUT2D eigenvalue weighted by Gasteiger charge is 2.51. The average molecular weight is 284 g/mol. The molecule has 1 saturated heterocycles. The van der Waals surface area contributed by atoms with Crippen LogP contribution < -0.4 is 0 Å². The van der Waals surface area contributed by atoms with Crippen molar-refractivity contribution in [2.75, 3.05) is 31.5 Å². The maximum Gasteiger partial charge on any atom is 0.104 e. The van der Waals surface area contributed by atoms with E-state index in [2.05, 4.69) is 0 Å². The summed E-state index contributed by atoms with van der Waals surface area (Å²) in [5.74, 6) is 0.620. The lowest BCUT2D eigenvalue weighted by molar-refractivity contribution is -0.175. The van der Waals surface area contributed by atoms with Gasteiger partial charge in [-0.05, 0) is 0 Å². The summed E-state index contributed by atoms with van der Waals surface area (Å²) in [6.45, 7) is -1.42. The Morgan fingerprint density at radius 1 is 1.00 bits per heavy atom. The molecular formula is C10H20O7S. The minimum Gasteiger partial charge on any atom is -0.394 e. The molecule has 1 aliphatic heterocycles. The van der Waals surface area contributed by atoms with E-state index in [0.29, 0.717) is 5.94 Å². The molecule has 108 valence electrons. The highest BCUT2D eigenvalue weighted by molar-refractivity contribution is 7.99. The van der Waals surface area contributed by atoms with Crippen LogP contribution in [0.2, 0.25) is 0 Å². The molecule has 1 fully saturated rings. The molecule has 0 aromatic carbocycles. The maximum absolute atomic E-state index is 10.1. The Labute approximate surface area is 109 Å². The Morgan fingerprint density at radius 2 is 1.50 bits per heavy atom. The van der Waals surface area contributed by atoms with Gasteiger partial charge < -0.3 is 35.4 Å². The Bertz CT molecular complexity index is 228. The Kier molecular flexibility index (Phi) is 6.28.